The van der Waals surface area contributed by atoms with Crippen molar-refractivity contribution in [1.82, 2.24) is 34.7 Å². The number of nitrogens with zero attached hydrogens (tertiary/aromatic N) is 6. The maximum atomic E-state index is 12.2. The normalized spacial score (nSPS) is 20.0. The third kappa shape index (κ3) is 4.78. The van der Waals surface area contributed by atoms with Crippen molar-refractivity contribution in [3.8, 4) is 0 Å². The van der Waals surface area contributed by atoms with Gasteiger partial charge in [0.25, 0.3) is 0 Å². The summed E-state index contributed by atoms with van der Waals surface area (Å²) in [5, 5.41) is 7.53. The highest BCUT2D eigenvalue weighted by atomic mass is 16.2. The van der Waals surface area contributed by atoms with Gasteiger partial charge in [-0.05, 0) is 26.6 Å². The molecular weight excluding hydrogens is 346 g/mol. The van der Waals surface area contributed by atoms with Gasteiger partial charge in [0.05, 0.1) is 37.6 Å². The molecule has 0 radical (unpaired) electrons. The molecule has 1 aromatic rings. The average Bonchev–Trinajstić information content (AvgIpc) is 3.25. The molecule has 0 aromatic carbocycles. The molecule has 1 N–H and O–H groups in total. The van der Waals surface area contributed by atoms with E-state index >= 15 is 0 Å². The van der Waals surface area contributed by atoms with Crippen molar-refractivity contribution in [2.24, 2.45) is 0 Å². The Morgan fingerprint density at radius 2 is 2.00 bits per heavy atom. The second-order valence-electron chi connectivity index (χ2n) is 7.87. The van der Waals surface area contributed by atoms with Gasteiger partial charge in [-0.25, -0.2) is 4.79 Å². The Kier molecular flexibility index (Phi) is 6.01. The topological polar surface area (TPSA) is 76.9 Å². The largest absolute Gasteiger partial charge is 0.349 e. The molecule has 0 aliphatic carbocycles. The quantitative estimate of drug-likeness (QED) is 0.758. The fraction of sp³-hybridized carbons (Fsp3) is 0.722. The lowest BCUT2D eigenvalue weighted by atomic mass is 10.2. The number of carbonyl (C=O) groups excluding carboxylic acids is 2. The standard InChI is InChI=1S/C18H31N7O2/c1-21(2)15-5-6-23(11-15)13-17(26)19-10-14-9-16-12-24(18(27)22(3)4)7-8-25(16)20-14/h9,15H,5-8,10-13H2,1-4H3,(H,19,26)/t15-/m0/s1. The van der Waals surface area contributed by atoms with Crippen LogP contribution in [0.5, 0.6) is 0 Å². The molecule has 0 spiro atoms. The molecule has 9 nitrogen and oxygen atoms in total. The van der Waals surface area contributed by atoms with Crippen molar-refractivity contribution in [1.29, 1.82) is 0 Å². The summed E-state index contributed by atoms with van der Waals surface area (Å²) in [5.74, 6) is 0.0322. The van der Waals surface area contributed by atoms with Gasteiger partial charge in [-0.15, -0.1) is 0 Å². The zero-order valence-electron chi connectivity index (χ0n) is 16.8. The lowest BCUT2D eigenvalue weighted by Gasteiger charge is -2.29. The highest BCUT2D eigenvalue weighted by Gasteiger charge is 2.26. The van der Waals surface area contributed by atoms with Gasteiger partial charge in [0.2, 0.25) is 5.91 Å². The van der Waals surface area contributed by atoms with Gasteiger partial charge in [0, 0.05) is 39.8 Å². The molecule has 1 fully saturated rings. The summed E-state index contributed by atoms with van der Waals surface area (Å²) < 4.78 is 1.93. The number of likely N-dealkylation sites (tertiary alicyclic amines) is 1. The van der Waals surface area contributed by atoms with Crippen molar-refractivity contribution < 1.29 is 9.59 Å². The number of rotatable bonds is 5. The minimum Gasteiger partial charge on any atom is -0.349 e. The van der Waals surface area contributed by atoms with E-state index in [1.807, 2.05) is 15.6 Å². The number of urea groups is 1. The Labute approximate surface area is 160 Å². The number of fused-ring (bicyclic) bond motifs is 1. The molecule has 0 unspecified atom stereocenters. The smallest absolute Gasteiger partial charge is 0.319 e. The zero-order chi connectivity index (χ0) is 19.6. The number of hydrogen-bond acceptors (Lipinski definition) is 5. The van der Waals surface area contributed by atoms with Crippen LogP contribution in [0.25, 0.3) is 0 Å². The summed E-state index contributed by atoms with van der Waals surface area (Å²) in [4.78, 5) is 32.2. The van der Waals surface area contributed by atoms with E-state index in [9.17, 15) is 9.59 Å². The van der Waals surface area contributed by atoms with Gasteiger partial charge >= 0.3 is 6.03 Å². The first-order valence-electron chi connectivity index (χ1n) is 9.51. The highest BCUT2D eigenvalue weighted by molar-refractivity contribution is 5.78. The zero-order valence-corrected chi connectivity index (χ0v) is 16.8. The first-order valence-corrected chi connectivity index (χ1v) is 9.51. The monoisotopic (exact) mass is 377 g/mol. The number of likely N-dealkylation sites (N-methyl/N-ethyl adjacent to an activating group) is 1. The van der Waals surface area contributed by atoms with Gasteiger partial charge < -0.3 is 20.0 Å². The molecule has 27 heavy (non-hydrogen) atoms. The van der Waals surface area contributed by atoms with Crippen molar-refractivity contribution in [3.63, 3.8) is 0 Å². The van der Waals surface area contributed by atoms with E-state index in [1.54, 1.807) is 19.0 Å². The van der Waals surface area contributed by atoms with Crippen LogP contribution < -0.4 is 5.32 Å². The SMILES string of the molecule is CN(C)C(=O)N1CCn2nc(CNC(=O)CN3CC[C@H](N(C)C)C3)cc2C1. The lowest BCUT2D eigenvalue weighted by molar-refractivity contribution is -0.122. The van der Waals surface area contributed by atoms with Crippen LogP contribution in [0.1, 0.15) is 17.8 Å². The van der Waals surface area contributed by atoms with Crippen molar-refractivity contribution in [3.05, 3.63) is 17.5 Å². The Balaban J connectivity index is 1.47. The van der Waals surface area contributed by atoms with E-state index < -0.39 is 0 Å². The fourth-order valence-corrected chi connectivity index (χ4v) is 3.68. The number of hydrogen-bond donors (Lipinski definition) is 1. The molecule has 0 saturated carbocycles. The van der Waals surface area contributed by atoms with Gasteiger partial charge in [-0.3, -0.25) is 14.4 Å². The molecule has 1 aromatic heterocycles. The van der Waals surface area contributed by atoms with E-state index in [0.29, 0.717) is 38.8 Å². The molecule has 2 aliphatic heterocycles. The number of aromatic nitrogens is 2. The molecule has 2 aliphatic rings. The average molecular weight is 377 g/mol. The lowest BCUT2D eigenvalue weighted by Crippen LogP contribution is -2.43. The molecule has 3 rings (SSSR count). The molecular formula is C18H31N7O2. The molecule has 3 amide bonds. The first kappa shape index (κ1) is 19.6. The van der Waals surface area contributed by atoms with Gasteiger partial charge in [-0.2, -0.15) is 5.10 Å². The maximum Gasteiger partial charge on any atom is 0.319 e. The van der Waals surface area contributed by atoms with Crippen LogP contribution in [-0.2, 0) is 24.4 Å². The summed E-state index contributed by atoms with van der Waals surface area (Å²) in [6.45, 7) is 4.65. The summed E-state index contributed by atoms with van der Waals surface area (Å²) in [6, 6.07) is 2.53. The number of carbonyl (C=O) groups is 2. The summed E-state index contributed by atoms with van der Waals surface area (Å²) in [5.41, 5.74) is 1.85. The predicted molar refractivity (Wildman–Crippen MR) is 102 cm³/mol. The molecule has 0 bridgehead atoms. The van der Waals surface area contributed by atoms with E-state index in [-0.39, 0.29) is 11.9 Å². The second kappa shape index (κ2) is 8.26. The highest BCUT2D eigenvalue weighted by Crippen LogP contribution is 2.15. The first-order chi connectivity index (χ1) is 12.8. The van der Waals surface area contributed by atoms with Gasteiger partial charge in [0.1, 0.15) is 0 Å². The van der Waals surface area contributed by atoms with E-state index in [4.69, 9.17) is 0 Å². The van der Waals surface area contributed by atoms with Crippen LogP contribution in [-0.4, -0.2) is 102 Å². The minimum atomic E-state index is 0.0129. The van der Waals surface area contributed by atoms with Crippen LogP contribution in [0.4, 0.5) is 4.79 Å². The Morgan fingerprint density at radius 1 is 1.22 bits per heavy atom. The van der Waals surface area contributed by atoms with Crippen molar-refractivity contribution in [2.75, 3.05) is 54.4 Å². The van der Waals surface area contributed by atoms with Crippen molar-refractivity contribution >= 4 is 11.9 Å². The summed E-state index contributed by atoms with van der Waals surface area (Å²) in [6.07, 6.45) is 1.11. The van der Waals surface area contributed by atoms with E-state index in [0.717, 1.165) is 30.9 Å². The second-order valence-corrected chi connectivity index (χ2v) is 7.87. The van der Waals surface area contributed by atoms with E-state index in [2.05, 4.69) is 34.3 Å². The molecule has 9 heteroatoms. The summed E-state index contributed by atoms with van der Waals surface area (Å²) in [7, 11) is 7.69. The fourth-order valence-electron chi connectivity index (χ4n) is 3.68. The van der Waals surface area contributed by atoms with Gasteiger partial charge in [0.15, 0.2) is 0 Å². The molecule has 1 atom stereocenters. The van der Waals surface area contributed by atoms with Crippen LogP contribution >= 0.6 is 0 Å². The third-order valence-electron chi connectivity index (χ3n) is 5.31. The van der Waals surface area contributed by atoms with Crippen LogP contribution in [0.15, 0.2) is 6.07 Å². The molecule has 1 saturated heterocycles. The number of nitrogens with one attached hydrogen (secondary N) is 1. The van der Waals surface area contributed by atoms with Gasteiger partial charge in [-0.1, -0.05) is 0 Å². The maximum absolute atomic E-state index is 12.2. The molecule has 150 valence electrons. The Hall–Kier alpha value is -2.13. The Bertz CT molecular complexity index is 685. The Morgan fingerprint density at radius 3 is 2.67 bits per heavy atom. The van der Waals surface area contributed by atoms with Crippen LogP contribution in [0.2, 0.25) is 0 Å². The predicted octanol–water partition coefficient (Wildman–Crippen LogP) is -0.368. The van der Waals surface area contributed by atoms with Crippen molar-refractivity contribution in [2.45, 2.75) is 32.1 Å². The van der Waals surface area contributed by atoms with Crippen LogP contribution in [0.3, 0.4) is 0 Å². The van der Waals surface area contributed by atoms with Crippen LogP contribution in [0, 0.1) is 0 Å². The van der Waals surface area contributed by atoms with E-state index in [1.165, 1.54) is 0 Å². The summed E-state index contributed by atoms with van der Waals surface area (Å²) >= 11 is 0. The molecule has 3 heterocycles. The minimum absolute atomic E-state index is 0.0129. The third-order valence-corrected chi connectivity index (χ3v) is 5.31. The number of amides is 3.